The van der Waals surface area contributed by atoms with Crippen LogP contribution in [-0.2, 0) is 0 Å². The van der Waals surface area contributed by atoms with Crippen LogP contribution in [0.5, 0.6) is 0 Å². The first-order valence-corrected chi connectivity index (χ1v) is 8.24. The normalized spacial score (nSPS) is 11.5. The van der Waals surface area contributed by atoms with Gasteiger partial charge in [0, 0.05) is 16.0 Å². The molecule has 0 spiro atoms. The zero-order valence-corrected chi connectivity index (χ0v) is 13.3. The molecular weight excluding hydrogens is 354 g/mol. The number of hydrogen-bond acceptors (Lipinski definition) is 2. The fourth-order valence-electron chi connectivity index (χ4n) is 1.28. The molecule has 0 atom stereocenters. The number of thiophene rings is 1. The van der Waals surface area contributed by atoms with Crippen molar-refractivity contribution in [2.24, 2.45) is 0 Å². The minimum Gasteiger partial charge on any atom is -0.345 e. The quantitative estimate of drug-likeness (QED) is 0.788. The molecule has 0 saturated carbocycles. The summed E-state index contributed by atoms with van der Waals surface area (Å²) < 4.78 is 0. The second-order valence-electron chi connectivity index (χ2n) is 3.82. The van der Waals surface area contributed by atoms with E-state index in [1.807, 2.05) is 17.7 Å². The van der Waals surface area contributed by atoms with E-state index in [1.54, 1.807) is 11.3 Å². The van der Waals surface area contributed by atoms with Gasteiger partial charge < -0.3 is 5.32 Å². The average molecular weight is 369 g/mol. The number of rotatable bonds is 5. The van der Waals surface area contributed by atoms with E-state index in [0.717, 1.165) is 28.2 Å². The Kier molecular flexibility index (Phi) is 5.47. The third kappa shape index (κ3) is 3.08. The van der Waals surface area contributed by atoms with Gasteiger partial charge in [-0.15, -0.1) is 0 Å². The first-order valence-electron chi connectivity index (χ1n) is 5.06. The highest BCUT2D eigenvalue weighted by Crippen LogP contribution is 2.20. The molecule has 2 nitrogen and oxygen atoms in total. The van der Waals surface area contributed by atoms with Crippen molar-refractivity contribution in [3.63, 3.8) is 0 Å². The SMILES string of the molecule is CCC(CBr)(CBr)NC(=O)c1cscc1C. The lowest BCUT2D eigenvalue weighted by molar-refractivity contribution is 0.0915. The largest absolute Gasteiger partial charge is 0.345 e. The van der Waals surface area contributed by atoms with Crippen molar-refractivity contribution in [3.05, 3.63) is 21.9 Å². The summed E-state index contributed by atoms with van der Waals surface area (Å²) in [4.78, 5) is 12.1. The standard InChI is InChI=1S/C11H15Br2NOS/c1-3-11(6-12,7-13)14-10(15)9-5-16-4-8(9)2/h4-5H,3,6-7H2,1-2H3,(H,14,15). The van der Waals surface area contributed by atoms with Crippen LogP contribution in [0.25, 0.3) is 0 Å². The van der Waals surface area contributed by atoms with Crippen LogP contribution in [0, 0.1) is 6.92 Å². The molecule has 0 fully saturated rings. The van der Waals surface area contributed by atoms with Gasteiger partial charge in [0.1, 0.15) is 0 Å². The maximum Gasteiger partial charge on any atom is 0.252 e. The van der Waals surface area contributed by atoms with Gasteiger partial charge in [-0.3, -0.25) is 4.79 Å². The highest BCUT2D eigenvalue weighted by Gasteiger charge is 2.28. The fraction of sp³-hybridized carbons (Fsp3) is 0.545. The molecule has 1 N–H and O–H groups in total. The summed E-state index contributed by atoms with van der Waals surface area (Å²) >= 11 is 8.48. The van der Waals surface area contributed by atoms with Crippen molar-refractivity contribution < 1.29 is 4.79 Å². The van der Waals surface area contributed by atoms with Crippen LogP contribution < -0.4 is 5.32 Å². The molecule has 0 unspecified atom stereocenters. The number of alkyl halides is 2. The Bertz CT molecular complexity index is 352. The number of nitrogens with one attached hydrogen (secondary N) is 1. The van der Waals surface area contributed by atoms with Crippen molar-refractivity contribution in [2.45, 2.75) is 25.8 Å². The van der Waals surface area contributed by atoms with E-state index in [4.69, 9.17) is 0 Å². The summed E-state index contributed by atoms with van der Waals surface area (Å²) in [7, 11) is 0. The van der Waals surface area contributed by atoms with Crippen molar-refractivity contribution in [1.82, 2.24) is 5.32 Å². The molecule has 0 bridgehead atoms. The molecule has 0 aliphatic carbocycles. The number of carbonyl (C=O) groups is 1. The van der Waals surface area contributed by atoms with E-state index >= 15 is 0 Å². The van der Waals surface area contributed by atoms with Crippen LogP contribution in [0.3, 0.4) is 0 Å². The van der Waals surface area contributed by atoms with Gasteiger partial charge in [0.05, 0.1) is 11.1 Å². The van der Waals surface area contributed by atoms with E-state index in [0.29, 0.717) is 0 Å². The molecule has 1 aromatic rings. The lowest BCUT2D eigenvalue weighted by Crippen LogP contribution is -2.51. The van der Waals surface area contributed by atoms with Gasteiger partial charge in [0.2, 0.25) is 0 Å². The molecule has 1 amide bonds. The molecule has 5 heteroatoms. The Hall–Kier alpha value is 0.130. The van der Waals surface area contributed by atoms with Gasteiger partial charge in [-0.25, -0.2) is 0 Å². The first-order chi connectivity index (χ1) is 7.58. The molecule has 0 radical (unpaired) electrons. The van der Waals surface area contributed by atoms with Crippen molar-refractivity contribution in [2.75, 3.05) is 10.7 Å². The summed E-state index contributed by atoms with van der Waals surface area (Å²) in [5.41, 5.74) is 1.62. The Morgan fingerprint density at radius 2 is 2.06 bits per heavy atom. The highest BCUT2D eigenvalue weighted by atomic mass is 79.9. The van der Waals surface area contributed by atoms with Gasteiger partial charge >= 0.3 is 0 Å². The summed E-state index contributed by atoms with van der Waals surface area (Å²) in [6.07, 6.45) is 0.887. The van der Waals surface area contributed by atoms with Gasteiger partial charge in [0.15, 0.2) is 0 Å². The molecule has 16 heavy (non-hydrogen) atoms. The molecular formula is C11H15Br2NOS. The van der Waals surface area contributed by atoms with Gasteiger partial charge in [-0.2, -0.15) is 11.3 Å². The van der Waals surface area contributed by atoms with Crippen LogP contribution >= 0.6 is 43.2 Å². The minimum absolute atomic E-state index is 0.0134. The Labute approximate surface area is 117 Å². The van der Waals surface area contributed by atoms with Gasteiger partial charge in [-0.05, 0) is 24.3 Å². The topological polar surface area (TPSA) is 29.1 Å². The maximum atomic E-state index is 12.1. The van der Waals surface area contributed by atoms with Gasteiger partial charge in [0.25, 0.3) is 5.91 Å². The van der Waals surface area contributed by atoms with E-state index in [-0.39, 0.29) is 11.4 Å². The molecule has 1 heterocycles. The molecule has 0 aliphatic rings. The van der Waals surface area contributed by atoms with E-state index in [9.17, 15) is 4.79 Å². The monoisotopic (exact) mass is 367 g/mol. The van der Waals surface area contributed by atoms with E-state index in [1.165, 1.54) is 0 Å². The van der Waals surface area contributed by atoms with Crippen molar-refractivity contribution in [3.8, 4) is 0 Å². The molecule has 0 aromatic carbocycles. The number of aryl methyl sites for hydroxylation is 1. The number of hydrogen-bond donors (Lipinski definition) is 1. The summed E-state index contributed by atoms with van der Waals surface area (Å²) in [5, 5.41) is 8.48. The Morgan fingerprint density at radius 3 is 2.44 bits per heavy atom. The smallest absolute Gasteiger partial charge is 0.252 e. The lowest BCUT2D eigenvalue weighted by Gasteiger charge is -2.30. The second-order valence-corrected chi connectivity index (χ2v) is 5.69. The van der Waals surface area contributed by atoms with Crippen LogP contribution in [-0.4, -0.2) is 22.1 Å². The van der Waals surface area contributed by atoms with E-state index in [2.05, 4.69) is 44.1 Å². The zero-order chi connectivity index (χ0) is 12.2. The van der Waals surface area contributed by atoms with E-state index < -0.39 is 0 Å². The molecule has 0 aliphatic heterocycles. The maximum absolute atomic E-state index is 12.1. The zero-order valence-electron chi connectivity index (χ0n) is 9.35. The highest BCUT2D eigenvalue weighted by molar-refractivity contribution is 9.09. The third-order valence-electron chi connectivity index (χ3n) is 2.67. The molecule has 1 aromatic heterocycles. The average Bonchev–Trinajstić information content (AvgIpc) is 2.72. The predicted octanol–water partition coefficient (Wildman–Crippen LogP) is 3.72. The van der Waals surface area contributed by atoms with Crippen LogP contribution in [0.2, 0.25) is 0 Å². The fourth-order valence-corrected chi connectivity index (χ4v) is 4.11. The number of carbonyl (C=O) groups excluding carboxylic acids is 1. The summed E-state index contributed by atoms with van der Waals surface area (Å²) in [6.45, 7) is 4.03. The summed E-state index contributed by atoms with van der Waals surface area (Å²) in [6, 6.07) is 0. The van der Waals surface area contributed by atoms with Crippen LogP contribution in [0.4, 0.5) is 0 Å². The Morgan fingerprint density at radius 1 is 1.44 bits per heavy atom. The number of amides is 1. The molecule has 90 valence electrons. The van der Waals surface area contributed by atoms with Crippen molar-refractivity contribution in [1.29, 1.82) is 0 Å². The predicted molar refractivity (Wildman–Crippen MR) is 77.1 cm³/mol. The first kappa shape index (κ1) is 14.2. The lowest BCUT2D eigenvalue weighted by atomic mass is 10.0. The minimum atomic E-state index is -0.203. The third-order valence-corrected chi connectivity index (χ3v) is 5.68. The molecule has 1 rings (SSSR count). The Balaban J connectivity index is 2.81. The van der Waals surface area contributed by atoms with Gasteiger partial charge in [-0.1, -0.05) is 38.8 Å². The molecule has 0 saturated heterocycles. The van der Waals surface area contributed by atoms with Crippen molar-refractivity contribution >= 4 is 49.1 Å². The van der Waals surface area contributed by atoms with Crippen LogP contribution in [0.15, 0.2) is 10.8 Å². The summed E-state index contributed by atoms with van der Waals surface area (Å²) in [5.74, 6) is 0.0134. The number of halogens is 2. The second kappa shape index (κ2) is 6.17. The van der Waals surface area contributed by atoms with Crippen LogP contribution in [0.1, 0.15) is 29.3 Å².